The van der Waals surface area contributed by atoms with Crippen molar-refractivity contribution in [1.29, 1.82) is 0 Å². The van der Waals surface area contributed by atoms with Crippen LogP contribution in [0.5, 0.6) is 0 Å². The fourth-order valence-electron chi connectivity index (χ4n) is 2.90. The summed E-state index contributed by atoms with van der Waals surface area (Å²) in [7, 11) is 0. The first kappa shape index (κ1) is 17.7. The van der Waals surface area contributed by atoms with Gasteiger partial charge in [0, 0.05) is 18.3 Å². The number of rotatable bonds is 4. The molecule has 1 aromatic rings. The summed E-state index contributed by atoms with van der Waals surface area (Å²) in [6, 6.07) is 3.26. The number of carbonyl (C=O) groups is 1. The Balaban J connectivity index is 0.00000220. The Hall–Kier alpha value is -1.33. The largest absolute Gasteiger partial charge is 0.348 e. The maximum atomic E-state index is 12.2. The Bertz CT molecular complexity index is 524. The van der Waals surface area contributed by atoms with Crippen molar-refractivity contribution in [1.82, 2.24) is 10.3 Å². The number of hydrogen-bond donors (Lipinski definition) is 3. The SMILES string of the molecule is Cc1ccc(C(=O)NC(CN)C2CCCCC2)c(=O)[nH]1.Cl. The Kier molecular flexibility index (Phi) is 6.92. The third-order valence-corrected chi connectivity index (χ3v) is 4.09. The maximum Gasteiger partial charge on any atom is 0.260 e. The zero-order valence-corrected chi connectivity index (χ0v) is 13.2. The molecule has 118 valence electrons. The highest BCUT2D eigenvalue weighted by Gasteiger charge is 2.25. The Labute approximate surface area is 131 Å². The van der Waals surface area contributed by atoms with Crippen molar-refractivity contribution in [3.63, 3.8) is 0 Å². The fraction of sp³-hybridized carbons (Fsp3) is 0.600. The second-order valence-electron chi connectivity index (χ2n) is 5.60. The summed E-state index contributed by atoms with van der Waals surface area (Å²) < 4.78 is 0. The van der Waals surface area contributed by atoms with Crippen molar-refractivity contribution in [2.45, 2.75) is 45.1 Å². The van der Waals surface area contributed by atoms with Crippen molar-refractivity contribution in [3.05, 3.63) is 33.7 Å². The summed E-state index contributed by atoms with van der Waals surface area (Å²) >= 11 is 0. The normalized spacial score (nSPS) is 16.9. The first-order chi connectivity index (χ1) is 9.61. The first-order valence-corrected chi connectivity index (χ1v) is 7.32. The Morgan fingerprint density at radius 3 is 2.62 bits per heavy atom. The van der Waals surface area contributed by atoms with Gasteiger partial charge in [-0.15, -0.1) is 12.4 Å². The van der Waals surface area contributed by atoms with E-state index in [1.54, 1.807) is 19.1 Å². The van der Waals surface area contributed by atoms with Crippen LogP contribution in [0.2, 0.25) is 0 Å². The minimum Gasteiger partial charge on any atom is -0.348 e. The molecule has 0 spiro atoms. The second kappa shape index (κ2) is 8.20. The monoisotopic (exact) mass is 313 g/mol. The van der Waals surface area contributed by atoms with E-state index in [9.17, 15) is 9.59 Å². The van der Waals surface area contributed by atoms with Crippen molar-refractivity contribution >= 4 is 18.3 Å². The number of aromatic amines is 1. The van der Waals surface area contributed by atoms with Crippen LogP contribution >= 0.6 is 12.4 Å². The van der Waals surface area contributed by atoms with Gasteiger partial charge < -0.3 is 16.0 Å². The lowest BCUT2D eigenvalue weighted by atomic mass is 9.84. The van der Waals surface area contributed by atoms with Crippen molar-refractivity contribution < 1.29 is 4.79 Å². The molecule has 1 unspecified atom stereocenters. The summed E-state index contributed by atoms with van der Waals surface area (Å²) in [6.45, 7) is 2.20. The van der Waals surface area contributed by atoms with Gasteiger partial charge in [-0.3, -0.25) is 9.59 Å². The van der Waals surface area contributed by atoms with E-state index in [1.807, 2.05) is 0 Å². The molecule has 0 saturated heterocycles. The Morgan fingerprint density at radius 1 is 1.38 bits per heavy atom. The van der Waals surface area contributed by atoms with Crippen LogP contribution < -0.4 is 16.6 Å². The minimum atomic E-state index is -0.345. The number of halogens is 1. The average molecular weight is 314 g/mol. The van der Waals surface area contributed by atoms with Crippen LogP contribution in [-0.4, -0.2) is 23.5 Å². The molecule has 0 bridgehead atoms. The number of H-pyrrole nitrogens is 1. The number of aryl methyl sites for hydroxylation is 1. The molecule has 1 aromatic heterocycles. The lowest BCUT2D eigenvalue weighted by Crippen LogP contribution is -2.47. The molecule has 21 heavy (non-hydrogen) atoms. The molecule has 6 heteroatoms. The van der Waals surface area contributed by atoms with Gasteiger partial charge in [-0.2, -0.15) is 0 Å². The van der Waals surface area contributed by atoms with E-state index in [2.05, 4.69) is 10.3 Å². The highest BCUT2D eigenvalue weighted by atomic mass is 35.5. The Morgan fingerprint density at radius 2 is 2.05 bits per heavy atom. The van der Waals surface area contributed by atoms with E-state index in [4.69, 9.17) is 5.73 Å². The van der Waals surface area contributed by atoms with Crippen LogP contribution in [-0.2, 0) is 0 Å². The van der Waals surface area contributed by atoms with E-state index < -0.39 is 0 Å². The zero-order valence-electron chi connectivity index (χ0n) is 12.4. The number of amides is 1. The molecule has 0 radical (unpaired) electrons. The molecule has 1 amide bonds. The molecule has 1 atom stereocenters. The number of nitrogens with one attached hydrogen (secondary N) is 2. The summed E-state index contributed by atoms with van der Waals surface area (Å²) in [5.41, 5.74) is 6.35. The molecule has 5 nitrogen and oxygen atoms in total. The molecule has 1 heterocycles. The van der Waals surface area contributed by atoms with Gasteiger partial charge in [-0.05, 0) is 37.8 Å². The first-order valence-electron chi connectivity index (χ1n) is 7.32. The standard InChI is InChI=1S/C15H23N3O2.ClH/c1-10-7-8-12(14(19)17-10)15(20)18-13(9-16)11-5-3-2-4-6-11;/h7-8,11,13H,2-6,9,16H2,1H3,(H,17,19)(H,18,20);1H. The number of hydrogen-bond acceptors (Lipinski definition) is 3. The predicted octanol–water partition coefficient (Wildman–Crippen LogP) is 1.74. The van der Waals surface area contributed by atoms with Gasteiger partial charge in [0.1, 0.15) is 5.56 Å². The van der Waals surface area contributed by atoms with Crippen LogP contribution in [0, 0.1) is 12.8 Å². The van der Waals surface area contributed by atoms with Crippen LogP contribution in [0.25, 0.3) is 0 Å². The fourth-order valence-corrected chi connectivity index (χ4v) is 2.90. The van der Waals surface area contributed by atoms with Crippen molar-refractivity contribution in [3.8, 4) is 0 Å². The van der Waals surface area contributed by atoms with Crippen LogP contribution in [0.1, 0.15) is 48.2 Å². The van der Waals surface area contributed by atoms with E-state index in [0.717, 1.165) is 18.5 Å². The maximum absolute atomic E-state index is 12.2. The van der Waals surface area contributed by atoms with Gasteiger partial charge >= 0.3 is 0 Å². The topological polar surface area (TPSA) is 88.0 Å². The summed E-state index contributed by atoms with van der Waals surface area (Å²) in [6.07, 6.45) is 5.86. The zero-order chi connectivity index (χ0) is 14.5. The third-order valence-electron chi connectivity index (χ3n) is 4.09. The van der Waals surface area contributed by atoms with Gasteiger partial charge in [0.2, 0.25) is 0 Å². The van der Waals surface area contributed by atoms with E-state index in [1.165, 1.54) is 19.3 Å². The molecular weight excluding hydrogens is 290 g/mol. The lowest BCUT2D eigenvalue weighted by Gasteiger charge is -2.30. The number of aromatic nitrogens is 1. The quantitative estimate of drug-likeness (QED) is 0.791. The van der Waals surface area contributed by atoms with E-state index >= 15 is 0 Å². The summed E-state index contributed by atoms with van der Waals surface area (Å²) in [4.78, 5) is 26.6. The number of pyridine rings is 1. The molecule has 1 aliphatic carbocycles. The van der Waals surface area contributed by atoms with Crippen LogP contribution in [0.4, 0.5) is 0 Å². The molecular formula is C15H24ClN3O2. The van der Waals surface area contributed by atoms with E-state index in [-0.39, 0.29) is 35.5 Å². The highest BCUT2D eigenvalue weighted by Crippen LogP contribution is 2.26. The molecule has 0 aromatic carbocycles. The highest BCUT2D eigenvalue weighted by molar-refractivity contribution is 5.94. The molecule has 2 rings (SSSR count). The van der Waals surface area contributed by atoms with E-state index in [0.29, 0.717) is 12.5 Å². The second-order valence-corrected chi connectivity index (χ2v) is 5.60. The lowest BCUT2D eigenvalue weighted by molar-refractivity contribution is 0.0914. The summed E-state index contributed by atoms with van der Waals surface area (Å²) in [5.74, 6) is 0.106. The number of nitrogens with two attached hydrogens (primary N) is 1. The molecule has 1 saturated carbocycles. The van der Waals surface area contributed by atoms with Crippen LogP contribution in [0.3, 0.4) is 0 Å². The average Bonchev–Trinajstić information content (AvgIpc) is 2.45. The van der Waals surface area contributed by atoms with Gasteiger partial charge in [-0.1, -0.05) is 19.3 Å². The minimum absolute atomic E-state index is 0. The molecule has 1 aliphatic rings. The summed E-state index contributed by atoms with van der Waals surface area (Å²) in [5, 5.41) is 2.93. The van der Waals surface area contributed by atoms with Crippen molar-refractivity contribution in [2.24, 2.45) is 11.7 Å². The van der Waals surface area contributed by atoms with Crippen LogP contribution in [0.15, 0.2) is 16.9 Å². The van der Waals surface area contributed by atoms with Gasteiger partial charge in [0.25, 0.3) is 11.5 Å². The third kappa shape index (κ3) is 4.58. The van der Waals surface area contributed by atoms with Gasteiger partial charge in [0.05, 0.1) is 0 Å². The molecule has 4 N–H and O–H groups in total. The number of carbonyl (C=O) groups excluding carboxylic acids is 1. The smallest absolute Gasteiger partial charge is 0.260 e. The van der Waals surface area contributed by atoms with Gasteiger partial charge in [-0.25, -0.2) is 0 Å². The molecule has 1 fully saturated rings. The van der Waals surface area contributed by atoms with Gasteiger partial charge in [0.15, 0.2) is 0 Å². The molecule has 0 aliphatic heterocycles. The van der Waals surface area contributed by atoms with Crippen molar-refractivity contribution in [2.75, 3.05) is 6.54 Å². The predicted molar refractivity (Wildman–Crippen MR) is 85.9 cm³/mol.